The number of rotatable bonds is 14. The number of aliphatic carboxylic acids is 1. The second-order valence-electron chi connectivity index (χ2n) is 9.20. The molecule has 11 heteroatoms. The van der Waals surface area contributed by atoms with Gasteiger partial charge >= 0.3 is 12.0 Å². The number of unbranched alkanes of at least 4 members (excludes halogenated alkanes) is 5. The molecule has 2 amide bonds. The summed E-state index contributed by atoms with van der Waals surface area (Å²) in [5.74, 6) is -0.729. The zero-order valence-corrected chi connectivity index (χ0v) is 22.0. The van der Waals surface area contributed by atoms with Gasteiger partial charge in [0.05, 0.1) is 4.90 Å². The Balaban J connectivity index is 1.35. The maximum Gasteiger partial charge on any atom is 0.319 e. The standard InChI is InChI=1S/C26H37N5O5S/c32-25(33)9-5-3-1-2-4-6-15-30-16-18-31(19-17-30)37(35,36)24-12-10-23(11-13-24)29-26(34)28-21-22-8-7-14-27-20-22/h7-8,10-14,20H,1-6,9,15-19,21H2,(H,32,33)(H2,28,29,34). The van der Waals surface area contributed by atoms with Crippen molar-refractivity contribution in [1.29, 1.82) is 0 Å². The summed E-state index contributed by atoms with van der Waals surface area (Å²) >= 11 is 0. The fraction of sp³-hybridized carbons (Fsp3) is 0.500. The minimum absolute atomic E-state index is 0.213. The highest BCUT2D eigenvalue weighted by Crippen LogP contribution is 2.20. The molecule has 1 aliphatic rings. The van der Waals surface area contributed by atoms with Crippen LogP contribution < -0.4 is 10.6 Å². The summed E-state index contributed by atoms with van der Waals surface area (Å²) < 4.78 is 27.7. The number of nitrogens with one attached hydrogen (secondary N) is 2. The number of nitrogens with zero attached hydrogens (tertiary/aromatic N) is 3. The molecule has 1 aromatic carbocycles. The summed E-state index contributed by atoms with van der Waals surface area (Å²) in [6.07, 6.45) is 9.62. The van der Waals surface area contributed by atoms with E-state index in [0.717, 1.165) is 50.6 Å². The molecule has 1 aromatic heterocycles. The smallest absolute Gasteiger partial charge is 0.319 e. The molecule has 0 radical (unpaired) electrons. The number of hydrogen-bond acceptors (Lipinski definition) is 6. The van der Waals surface area contributed by atoms with Gasteiger partial charge in [-0.05, 0) is 55.3 Å². The Hall–Kier alpha value is -3.02. The first kappa shape index (κ1) is 28.5. The van der Waals surface area contributed by atoms with Gasteiger partial charge in [-0.1, -0.05) is 31.7 Å². The van der Waals surface area contributed by atoms with Crippen LogP contribution in [0.15, 0.2) is 53.7 Å². The fourth-order valence-corrected chi connectivity index (χ4v) is 5.65. The largest absolute Gasteiger partial charge is 0.481 e. The van der Waals surface area contributed by atoms with E-state index in [1.54, 1.807) is 30.6 Å². The first-order valence-corrected chi connectivity index (χ1v) is 14.3. The van der Waals surface area contributed by atoms with E-state index < -0.39 is 16.0 Å². The minimum atomic E-state index is -3.59. The molecule has 2 heterocycles. The first-order valence-electron chi connectivity index (χ1n) is 12.8. The van der Waals surface area contributed by atoms with Crippen LogP contribution in [0.4, 0.5) is 10.5 Å². The third-order valence-electron chi connectivity index (χ3n) is 6.37. The molecule has 0 aliphatic carbocycles. The van der Waals surface area contributed by atoms with Crippen molar-refractivity contribution in [2.24, 2.45) is 0 Å². The van der Waals surface area contributed by atoms with E-state index in [1.807, 2.05) is 6.07 Å². The van der Waals surface area contributed by atoms with E-state index in [1.165, 1.54) is 16.4 Å². The molecule has 0 unspecified atom stereocenters. The van der Waals surface area contributed by atoms with Crippen LogP contribution in [0, 0.1) is 0 Å². The Morgan fingerprint density at radius 2 is 1.59 bits per heavy atom. The van der Waals surface area contributed by atoms with E-state index in [-0.39, 0.29) is 17.3 Å². The summed E-state index contributed by atoms with van der Waals surface area (Å²) in [7, 11) is -3.59. The quantitative estimate of drug-likeness (QED) is 0.318. The number of urea groups is 1. The summed E-state index contributed by atoms with van der Waals surface area (Å²) in [5.41, 5.74) is 1.39. The molecule has 0 atom stereocenters. The predicted octanol–water partition coefficient (Wildman–Crippen LogP) is 3.52. The number of carbonyl (C=O) groups excluding carboxylic acids is 1. The molecule has 202 valence electrons. The number of carbonyl (C=O) groups is 2. The number of hydrogen-bond donors (Lipinski definition) is 3. The van der Waals surface area contributed by atoms with Crippen molar-refractivity contribution in [3.05, 3.63) is 54.4 Å². The monoisotopic (exact) mass is 531 g/mol. The fourth-order valence-electron chi connectivity index (χ4n) is 4.23. The van der Waals surface area contributed by atoms with Crippen molar-refractivity contribution in [2.75, 3.05) is 38.0 Å². The van der Waals surface area contributed by atoms with Crippen molar-refractivity contribution < 1.29 is 23.1 Å². The minimum Gasteiger partial charge on any atom is -0.481 e. The summed E-state index contributed by atoms with van der Waals surface area (Å²) in [6.45, 7) is 3.60. The van der Waals surface area contributed by atoms with Crippen LogP contribution in [0.3, 0.4) is 0 Å². The third kappa shape index (κ3) is 9.75. The number of amides is 2. The lowest BCUT2D eigenvalue weighted by atomic mass is 10.1. The summed E-state index contributed by atoms with van der Waals surface area (Å²) in [6, 6.07) is 9.51. The number of piperazine rings is 1. The number of carboxylic acids is 1. The number of aromatic nitrogens is 1. The van der Waals surface area contributed by atoms with E-state index in [0.29, 0.717) is 38.4 Å². The Bertz CT molecular complexity index is 1090. The van der Waals surface area contributed by atoms with Crippen molar-refractivity contribution in [3.63, 3.8) is 0 Å². The van der Waals surface area contributed by atoms with Gasteiger partial charge in [0.2, 0.25) is 10.0 Å². The van der Waals surface area contributed by atoms with Gasteiger partial charge in [0, 0.05) is 57.2 Å². The molecule has 0 saturated carbocycles. The van der Waals surface area contributed by atoms with Gasteiger partial charge in [-0.3, -0.25) is 9.78 Å². The van der Waals surface area contributed by atoms with Gasteiger partial charge in [0.15, 0.2) is 0 Å². The van der Waals surface area contributed by atoms with Gasteiger partial charge < -0.3 is 20.6 Å². The highest BCUT2D eigenvalue weighted by Gasteiger charge is 2.28. The summed E-state index contributed by atoms with van der Waals surface area (Å²) in [4.78, 5) is 29.2. The Labute approximate surface area is 219 Å². The van der Waals surface area contributed by atoms with Gasteiger partial charge in [-0.2, -0.15) is 4.31 Å². The molecule has 10 nitrogen and oxygen atoms in total. The second-order valence-corrected chi connectivity index (χ2v) is 11.1. The van der Waals surface area contributed by atoms with Crippen molar-refractivity contribution in [2.45, 2.75) is 56.4 Å². The molecule has 0 spiro atoms. The van der Waals surface area contributed by atoms with E-state index in [9.17, 15) is 18.0 Å². The van der Waals surface area contributed by atoms with Crippen LogP contribution in [0.1, 0.15) is 50.5 Å². The van der Waals surface area contributed by atoms with Crippen LogP contribution in [-0.4, -0.2) is 72.4 Å². The van der Waals surface area contributed by atoms with E-state index in [4.69, 9.17) is 5.11 Å². The van der Waals surface area contributed by atoms with Gasteiger partial charge in [-0.25, -0.2) is 13.2 Å². The predicted molar refractivity (Wildman–Crippen MR) is 142 cm³/mol. The van der Waals surface area contributed by atoms with Gasteiger partial charge in [-0.15, -0.1) is 0 Å². The van der Waals surface area contributed by atoms with Crippen LogP contribution >= 0.6 is 0 Å². The summed E-state index contributed by atoms with van der Waals surface area (Å²) in [5, 5.41) is 14.1. The molecule has 0 bridgehead atoms. The second kappa shape index (κ2) is 14.7. The van der Waals surface area contributed by atoms with Crippen LogP contribution in [0.2, 0.25) is 0 Å². The molecule has 37 heavy (non-hydrogen) atoms. The number of pyridine rings is 1. The Kier molecular flexibility index (Phi) is 11.3. The zero-order chi connectivity index (χ0) is 26.5. The maximum absolute atomic E-state index is 13.1. The SMILES string of the molecule is O=C(O)CCCCCCCCN1CCN(S(=O)(=O)c2ccc(NC(=O)NCc3cccnc3)cc2)CC1. The average molecular weight is 532 g/mol. The number of benzene rings is 1. The van der Waals surface area contributed by atoms with Crippen LogP contribution in [-0.2, 0) is 21.4 Å². The number of anilines is 1. The zero-order valence-electron chi connectivity index (χ0n) is 21.1. The maximum atomic E-state index is 13.1. The average Bonchev–Trinajstić information content (AvgIpc) is 2.90. The van der Waals surface area contributed by atoms with Crippen LogP contribution in [0.5, 0.6) is 0 Å². The van der Waals surface area contributed by atoms with Gasteiger partial charge in [0.1, 0.15) is 0 Å². The van der Waals surface area contributed by atoms with E-state index in [2.05, 4.69) is 20.5 Å². The molecular formula is C26H37N5O5S. The van der Waals surface area contributed by atoms with E-state index >= 15 is 0 Å². The molecule has 3 rings (SSSR count). The lowest BCUT2D eigenvalue weighted by molar-refractivity contribution is -0.137. The highest BCUT2D eigenvalue weighted by molar-refractivity contribution is 7.89. The molecule has 2 aromatic rings. The normalized spacial score (nSPS) is 14.8. The third-order valence-corrected chi connectivity index (χ3v) is 8.28. The first-order chi connectivity index (χ1) is 17.8. The molecular weight excluding hydrogens is 494 g/mol. The van der Waals surface area contributed by atoms with Gasteiger partial charge in [0.25, 0.3) is 0 Å². The number of sulfonamides is 1. The Morgan fingerprint density at radius 3 is 2.24 bits per heavy atom. The van der Waals surface area contributed by atoms with Crippen LogP contribution in [0.25, 0.3) is 0 Å². The Morgan fingerprint density at radius 1 is 0.919 bits per heavy atom. The molecule has 1 saturated heterocycles. The lowest BCUT2D eigenvalue weighted by Gasteiger charge is -2.34. The number of carboxylic acid groups (broad SMARTS) is 1. The highest BCUT2D eigenvalue weighted by atomic mass is 32.2. The molecule has 1 aliphatic heterocycles. The van der Waals surface area contributed by atoms with Crippen molar-refractivity contribution >= 4 is 27.7 Å². The lowest BCUT2D eigenvalue weighted by Crippen LogP contribution is -2.48. The molecule has 3 N–H and O–H groups in total. The van der Waals surface area contributed by atoms with Crippen molar-refractivity contribution in [1.82, 2.24) is 19.5 Å². The topological polar surface area (TPSA) is 132 Å². The molecule has 1 fully saturated rings. The van der Waals surface area contributed by atoms with Crippen molar-refractivity contribution in [3.8, 4) is 0 Å².